The fraction of sp³-hybridized carbons (Fsp3) is 0.800. The summed E-state index contributed by atoms with van der Waals surface area (Å²) in [6, 6.07) is 0. The first-order valence-electron chi connectivity index (χ1n) is 8.97. The van der Waals surface area contributed by atoms with Crippen LogP contribution in [0.15, 0.2) is 0 Å². The smallest absolute Gasteiger partial charge is 0.870 e. The maximum atomic E-state index is 11.1. The molecule has 0 aliphatic heterocycles. The van der Waals surface area contributed by atoms with Crippen molar-refractivity contribution in [1.82, 2.24) is 0 Å². The van der Waals surface area contributed by atoms with Gasteiger partial charge >= 0.3 is 86.9 Å². The van der Waals surface area contributed by atoms with Gasteiger partial charge in [-0.1, -0.05) is 94.5 Å². The Hall–Kier alpha value is 3.65. The Morgan fingerprint density at radius 2 is 1.29 bits per heavy atom. The fourth-order valence-corrected chi connectivity index (χ4v) is 4.31. The summed E-state index contributed by atoms with van der Waals surface area (Å²) in [7, 11) is 0. The van der Waals surface area contributed by atoms with E-state index in [1.54, 1.807) is 13.8 Å². The van der Waals surface area contributed by atoms with Crippen molar-refractivity contribution in [2.75, 3.05) is 0 Å². The Bertz CT molecular complexity index is 502. The van der Waals surface area contributed by atoms with Crippen molar-refractivity contribution in [2.24, 2.45) is 0 Å². The van der Waals surface area contributed by atoms with Crippen LogP contribution < -0.4 is 80.9 Å². The van der Waals surface area contributed by atoms with Crippen molar-refractivity contribution in [2.45, 2.75) is 102 Å². The van der Waals surface area contributed by atoms with Gasteiger partial charge in [-0.2, -0.15) is 4.20 Å². The number of thiocarbonyl (C=S) groups is 2. The van der Waals surface area contributed by atoms with E-state index in [-0.39, 0.29) is 114 Å². The Balaban J connectivity index is -0.0000000467. The molecule has 4 nitrogen and oxygen atoms in total. The maximum Gasteiger partial charge on any atom is 1.00 e. The van der Waals surface area contributed by atoms with Crippen LogP contribution >= 0.6 is 83.4 Å². The average molecular weight is 675 g/mol. The van der Waals surface area contributed by atoms with Crippen LogP contribution in [0.25, 0.3) is 0 Å². The number of hydrogen-bond acceptors (Lipinski definition) is 7. The molecule has 14 heteroatoms. The number of thioether (sulfide) groups is 1. The van der Waals surface area contributed by atoms with Gasteiger partial charge in [-0.05, 0) is 32.6 Å². The molecule has 0 spiro atoms. The Kier molecular flexibility index (Phi) is 62.0. The van der Waals surface area contributed by atoms with Crippen molar-refractivity contribution < 1.29 is 101 Å². The standard InChI is InChI=1S/C9H14O2S2.C6H10O.C2H4S2.CHCl3.2CH4.ClH.K.Na.H2O/c1-7(12)13-9(8(10)11)5-3-2-4-6-9;7-6-4-2-1-3-5-6;1-2(3)4;2-1(3)4;;;;;;/h2-6H2,1H3,(H,10,11);1-5H2;1H3,(H,3,4);1H;2*1H4;1H;;;1H2/q;;;;;;;2*+1;/p-2. The zero-order chi connectivity index (χ0) is 22.2. The summed E-state index contributed by atoms with van der Waals surface area (Å²) in [5.41, 5.74) is 0. The first-order chi connectivity index (χ1) is 12.9. The van der Waals surface area contributed by atoms with Crippen LogP contribution in [-0.4, -0.2) is 39.8 Å². The number of carbonyl (C=O) groups excluding carboxylic acids is 1. The number of rotatable bonds is 2. The molecule has 0 radical (unpaired) electrons. The van der Waals surface area contributed by atoms with Crippen molar-refractivity contribution >= 4 is 116 Å². The van der Waals surface area contributed by atoms with Crippen LogP contribution in [0.1, 0.15) is 92.9 Å². The zero-order valence-corrected chi connectivity index (χ0v) is 30.5. The molecular formula is C20H38Cl4KNaO4S4. The molecule has 34 heavy (non-hydrogen) atoms. The third kappa shape index (κ3) is 40.1. The Labute approximate surface area is 314 Å². The summed E-state index contributed by atoms with van der Waals surface area (Å²) in [6.07, 6.45) is 9.96. The van der Waals surface area contributed by atoms with Gasteiger partial charge in [-0.25, -0.2) is 0 Å². The number of carbonyl (C=O) groups is 2. The van der Waals surface area contributed by atoms with Gasteiger partial charge in [0.25, 0.3) is 0 Å². The summed E-state index contributed by atoms with van der Waals surface area (Å²) in [5, 5.41) is 9.16. The van der Waals surface area contributed by atoms with Crippen molar-refractivity contribution in [3.05, 3.63) is 0 Å². The van der Waals surface area contributed by atoms with E-state index in [2.05, 4.69) is 24.8 Å². The zero-order valence-electron chi connectivity index (χ0n) is 19.0. The van der Waals surface area contributed by atoms with E-state index in [9.17, 15) is 9.59 Å². The van der Waals surface area contributed by atoms with E-state index in [0.717, 1.165) is 62.0 Å². The summed E-state index contributed by atoms with van der Waals surface area (Å²) < 4.78 is -0.0336. The molecule has 196 valence electrons. The van der Waals surface area contributed by atoms with Gasteiger partial charge in [-0.15, -0.1) is 24.2 Å². The average Bonchev–Trinajstić information content (AvgIpc) is 2.55. The molecule has 2 aliphatic carbocycles. The molecular weight excluding hydrogens is 636 g/mol. The summed E-state index contributed by atoms with van der Waals surface area (Å²) >= 11 is 29.5. The van der Waals surface area contributed by atoms with Crippen molar-refractivity contribution in [3.63, 3.8) is 0 Å². The minimum absolute atomic E-state index is 0. The number of Topliss-reactive ketones (excluding diaryl/α,β-unsaturated/α-hetero) is 1. The largest absolute Gasteiger partial charge is 1.00 e. The molecule has 2 fully saturated rings. The molecule has 0 aromatic rings. The molecule has 0 amide bonds. The minimum atomic E-state index is -0.750. The third-order valence-corrected chi connectivity index (χ3v) is 5.31. The third-order valence-electron chi connectivity index (χ3n) is 3.80. The summed E-state index contributed by atoms with van der Waals surface area (Å²) in [4.78, 5) is 21.6. The topological polar surface area (TPSA) is 84.4 Å². The minimum Gasteiger partial charge on any atom is -0.870 e. The van der Waals surface area contributed by atoms with Gasteiger partial charge in [0.1, 0.15) is 10.5 Å². The van der Waals surface area contributed by atoms with Gasteiger partial charge in [0, 0.05) is 17.0 Å². The molecule has 0 aromatic carbocycles. The number of hydrogen-bond donors (Lipinski definition) is 1. The van der Waals surface area contributed by atoms with Gasteiger partial charge in [0.15, 0.2) is 4.30 Å². The van der Waals surface area contributed by atoms with E-state index in [0.29, 0.717) is 9.98 Å². The second kappa shape index (κ2) is 36.6. The first-order valence-corrected chi connectivity index (χ1v) is 12.3. The molecule has 0 unspecified atom stereocenters. The fourth-order valence-electron chi connectivity index (χ4n) is 2.70. The predicted molar refractivity (Wildman–Crippen MR) is 157 cm³/mol. The quantitative estimate of drug-likeness (QED) is 0.208. The second-order valence-corrected chi connectivity index (χ2v) is 12.2. The van der Waals surface area contributed by atoms with E-state index >= 15 is 0 Å². The normalized spacial score (nSPS) is 14.5. The van der Waals surface area contributed by atoms with Gasteiger partial charge in [0.2, 0.25) is 0 Å². The van der Waals surface area contributed by atoms with Crippen LogP contribution in [0.3, 0.4) is 0 Å². The van der Waals surface area contributed by atoms with Crippen LogP contribution in [0.5, 0.6) is 0 Å². The number of halogens is 4. The van der Waals surface area contributed by atoms with E-state index < -0.39 is 15.0 Å². The molecule has 2 rings (SSSR count). The predicted octanol–water partition coefficient (Wildman–Crippen LogP) is 2.77. The summed E-state index contributed by atoms with van der Waals surface area (Å²) in [6.45, 7) is 3.52. The molecule has 0 aromatic heterocycles. The molecule has 0 bridgehead atoms. The van der Waals surface area contributed by atoms with Crippen LogP contribution in [0, 0.1) is 0 Å². The summed E-state index contributed by atoms with van der Waals surface area (Å²) in [5.74, 6) is -0.229. The molecule has 0 heterocycles. The monoisotopic (exact) mass is 672 g/mol. The SMILES string of the molecule is C.C.CC(=S)SC1(C(=O)O)CCCCC1.CC(=S)[S-].Cl.ClC(Cl)Cl.O=C1CCCCC1.[K+].[Na+].[OH-]. The first kappa shape index (κ1) is 57.5. The Morgan fingerprint density at radius 1 is 1.00 bits per heavy atom. The van der Waals surface area contributed by atoms with Gasteiger partial charge in [0.05, 0.1) is 0 Å². The molecule has 2 aliphatic rings. The van der Waals surface area contributed by atoms with Gasteiger partial charge < -0.3 is 35.4 Å². The van der Waals surface area contributed by atoms with Crippen LogP contribution in [0.4, 0.5) is 0 Å². The van der Waals surface area contributed by atoms with Crippen molar-refractivity contribution in [3.8, 4) is 0 Å². The van der Waals surface area contributed by atoms with E-state index in [4.69, 9.17) is 52.1 Å². The van der Waals surface area contributed by atoms with Crippen LogP contribution in [0.2, 0.25) is 0 Å². The number of ketones is 1. The maximum absolute atomic E-state index is 11.1. The number of alkyl halides is 3. The van der Waals surface area contributed by atoms with Crippen molar-refractivity contribution in [1.29, 1.82) is 0 Å². The number of carboxylic acid groups (broad SMARTS) is 1. The van der Waals surface area contributed by atoms with Crippen LogP contribution in [-0.2, 0) is 22.2 Å². The molecule has 2 N–H and O–H groups in total. The van der Waals surface area contributed by atoms with E-state index in [1.165, 1.54) is 18.2 Å². The molecule has 2 saturated carbocycles. The second-order valence-electron chi connectivity index (χ2n) is 6.29. The molecule has 0 atom stereocenters. The molecule has 0 saturated heterocycles. The van der Waals surface area contributed by atoms with E-state index in [1.807, 2.05) is 0 Å². The van der Waals surface area contributed by atoms with Gasteiger partial charge in [-0.3, -0.25) is 9.59 Å². The number of aliphatic carboxylic acids is 1. The Morgan fingerprint density at radius 3 is 1.50 bits per heavy atom. The number of carboxylic acids is 1.